The van der Waals surface area contributed by atoms with Gasteiger partial charge in [0.15, 0.2) is 5.78 Å². The third kappa shape index (κ3) is 6.52. The molecule has 2 heterocycles. The summed E-state index contributed by atoms with van der Waals surface area (Å²) in [5.74, 6) is -1.31. The molecule has 0 aromatic heterocycles. The Bertz CT molecular complexity index is 1050. The number of anilines is 1. The lowest BCUT2D eigenvalue weighted by Crippen LogP contribution is -2.53. The number of carbonyl (C=O) groups excluding carboxylic acids is 5. The summed E-state index contributed by atoms with van der Waals surface area (Å²) in [5, 5.41) is 5.59. The molecule has 1 aromatic carbocycles. The number of hydrogen-bond acceptors (Lipinski definition) is 6. The van der Waals surface area contributed by atoms with Crippen LogP contribution in [0.25, 0.3) is 0 Å². The first-order chi connectivity index (χ1) is 17.9. The lowest BCUT2D eigenvalue weighted by atomic mass is 10.0. The average Bonchev–Trinajstić information content (AvgIpc) is 3.43. The number of carbonyl (C=O) groups is 5. The third-order valence-electron chi connectivity index (χ3n) is 7.20. The number of likely N-dealkylation sites (tertiary alicyclic amines) is 2. The maximum atomic E-state index is 13.7. The molecule has 4 unspecified atom stereocenters. The number of ketones is 1. The largest absolute Gasteiger partial charge is 0.378 e. The lowest BCUT2D eigenvalue weighted by molar-refractivity contribution is -0.138. The van der Waals surface area contributed by atoms with Crippen molar-refractivity contribution in [2.45, 2.75) is 77.5 Å². The van der Waals surface area contributed by atoms with Crippen LogP contribution in [0.2, 0.25) is 0 Å². The van der Waals surface area contributed by atoms with E-state index in [1.165, 1.54) is 16.7 Å². The summed E-state index contributed by atoms with van der Waals surface area (Å²) in [6.45, 7) is 7.48. The summed E-state index contributed by atoms with van der Waals surface area (Å²) in [6.07, 6.45) is 2.07. The molecule has 0 spiro atoms. The van der Waals surface area contributed by atoms with Crippen LogP contribution >= 0.6 is 0 Å². The molecule has 2 saturated heterocycles. The van der Waals surface area contributed by atoms with Crippen molar-refractivity contribution in [3.63, 3.8) is 0 Å². The number of hydrogen-bond donors (Lipinski definition) is 2. The van der Waals surface area contributed by atoms with Crippen LogP contribution in [0.5, 0.6) is 0 Å². The van der Waals surface area contributed by atoms with Gasteiger partial charge in [-0.25, -0.2) is 0 Å². The number of fused-ring (bicyclic) bond motifs is 1. The molecule has 4 amide bonds. The van der Waals surface area contributed by atoms with Crippen molar-refractivity contribution in [3.05, 3.63) is 29.8 Å². The van der Waals surface area contributed by atoms with Gasteiger partial charge in [-0.05, 0) is 49.4 Å². The van der Waals surface area contributed by atoms with Crippen molar-refractivity contribution in [1.82, 2.24) is 20.4 Å². The molecule has 2 N–H and O–H groups in total. The molecule has 10 heteroatoms. The number of amides is 4. The average molecular weight is 528 g/mol. The van der Waals surface area contributed by atoms with Crippen molar-refractivity contribution in [2.24, 2.45) is 5.92 Å². The van der Waals surface area contributed by atoms with Crippen molar-refractivity contribution >= 4 is 35.1 Å². The lowest BCUT2D eigenvalue weighted by Gasteiger charge is -2.30. The Balaban J connectivity index is 1.76. The van der Waals surface area contributed by atoms with Crippen molar-refractivity contribution in [3.8, 4) is 0 Å². The molecule has 2 fully saturated rings. The van der Waals surface area contributed by atoms with E-state index in [1.807, 2.05) is 51.9 Å². The van der Waals surface area contributed by atoms with Crippen molar-refractivity contribution in [1.29, 1.82) is 0 Å². The highest BCUT2D eigenvalue weighted by atomic mass is 16.2. The van der Waals surface area contributed by atoms with E-state index in [-0.39, 0.29) is 41.9 Å². The highest BCUT2D eigenvalue weighted by Crippen LogP contribution is 2.31. The van der Waals surface area contributed by atoms with Gasteiger partial charge in [-0.15, -0.1) is 0 Å². The molecule has 0 radical (unpaired) electrons. The molecular formula is C28H41N5O5. The predicted octanol–water partition coefficient (Wildman–Crippen LogP) is 1.58. The van der Waals surface area contributed by atoms with Crippen molar-refractivity contribution < 1.29 is 24.0 Å². The van der Waals surface area contributed by atoms with Gasteiger partial charge in [0, 0.05) is 38.8 Å². The van der Waals surface area contributed by atoms with Gasteiger partial charge in [-0.1, -0.05) is 27.2 Å². The zero-order chi connectivity index (χ0) is 28.1. The summed E-state index contributed by atoms with van der Waals surface area (Å²) in [5.41, 5.74) is 1.41. The van der Waals surface area contributed by atoms with E-state index in [1.54, 1.807) is 12.1 Å². The van der Waals surface area contributed by atoms with Gasteiger partial charge in [0.1, 0.15) is 18.1 Å². The van der Waals surface area contributed by atoms with E-state index in [4.69, 9.17) is 0 Å². The van der Waals surface area contributed by atoms with Crippen LogP contribution in [-0.2, 0) is 19.2 Å². The van der Waals surface area contributed by atoms with Gasteiger partial charge < -0.3 is 25.3 Å². The van der Waals surface area contributed by atoms with Crippen molar-refractivity contribution in [2.75, 3.05) is 32.1 Å². The summed E-state index contributed by atoms with van der Waals surface area (Å²) < 4.78 is 0. The zero-order valence-electron chi connectivity index (χ0n) is 23.3. The normalized spacial score (nSPS) is 20.2. The molecule has 0 bridgehead atoms. The van der Waals surface area contributed by atoms with Crippen LogP contribution in [0, 0.1) is 5.92 Å². The Hall–Kier alpha value is -3.43. The van der Waals surface area contributed by atoms with Gasteiger partial charge in [0.2, 0.25) is 17.7 Å². The first-order valence-electron chi connectivity index (χ1n) is 13.4. The van der Waals surface area contributed by atoms with Crippen LogP contribution in [0.3, 0.4) is 0 Å². The number of nitrogens with zero attached hydrogens (tertiary/aromatic N) is 3. The maximum Gasteiger partial charge on any atom is 0.251 e. The minimum atomic E-state index is -0.792. The molecule has 3 rings (SSSR count). The number of Topliss-reactive ketones (excluding diaryl/α,β-unsaturated/α-hetero) is 1. The number of rotatable bonds is 10. The minimum absolute atomic E-state index is 0.0861. The molecule has 1 aromatic rings. The van der Waals surface area contributed by atoms with Gasteiger partial charge in [-0.3, -0.25) is 24.0 Å². The van der Waals surface area contributed by atoms with Gasteiger partial charge >= 0.3 is 0 Å². The molecule has 0 saturated carbocycles. The zero-order valence-corrected chi connectivity index (χ0v) is 23.3. The van der Waals surface area contributed by atoms with Gasteiger partial charge in [0.05, 0.1) is 12.6 Å². The monoisotopic (exact) mass is 527 g/mol. The topological polar surface area (TPSA) is 119 Å². The van der Waals surface area contributed by atoms with E-state index in [2.05, 4.69) is 10.6 Å². The van der Waals surface area contributed by atoms with Crippen LogP contribution in [0.4, 0.5) is 5.69 Å². The quantitative estimate of drug-likeness (QED) is 0.477. The second-order valence-electron chi connectivity index (χ2n) is 10.9. The van der Waals surface area contributed by atoms with E-state index in [9.17, 15) is 24.0 Å². The molecule has 38 heavy (non-hydrogen) atoms. The fourth-order valence-electron chi connectivity index (χ4n) is 5.40. The Morgan fingerprint density at radius 2 is 1.63 bits per heavy atom. The number of benzene rings is 1. The molecule has 0 aliphatic carbocycles. The second-order valence-corrected chi connectivity index (χ2v) is 10.9. The van der Waals surface area contributed by atoms with Gasteiger partial charge in [0.25, 0.3) is 5.91 Å². The Kier molecular flexibility index (Phi) is 9.51. The molecule has 2 aliphatic rings. The molecule has 2 aliphatic heterocycles. The summed E-state index contributed by atoms with van der Waals surface area (Å²) in [6, 6.07) is 4.47. The van der Waals surface area contributed by atoms with E-state index in [0.29, 0.717) is 37.8 Å². The fourth-order valence-corrected chi connectivity index (χ4v) is 5.40. The highest BCUT2D eigenvalue weighted by molar-refractivity contribution is 6.01. The SMILES string of the molecule is CCCC(NC(C)=O)C(=O)N1CC(=O)C2C1CCN2C(=O)C(CC(C)C)NC(=O)c1ccc(N(C)C)cc1. The molecule has 208 valence electrons. The van der Waals surface area contributed by atoms with Crippen LogP contribution < -0.4 is 15.5 Å². The van der Waals surface area contributed by atoms with E-state index < -0.39 is 24.2 Å². The molecular weight excluding hydrogens is 486 g/mol. The Labute approximate surface area is 225 Å². The summed E-state index contributed by atoms with van der Waals surface area (Å²) in [7, 11) is 3.83. The summed E-state index contributed by atoms with van der Waals surface area (Å²) in [4.78, 5) is 69.8. The Morgan fingerprint density at radius 1 is 1.00 bits per heavy atom. The second kappa shape index (κ2) is 12.4. The van der Waals surface area contributed by atoms with E-state index in [0.717, 1.165) is 5.69 Å². The molecule has 10 nitrogen and oxygen atoms in total. The summed E-state index contributed by atoms with van der Waals surface area (Å²) >= 11 is 0. The van der Waals surface area contributed by atoms with E-state index >= 15 is 0 Å². The standard InChI is InChI=1S/C28H41N5O5/c1-7-8-21(29-18(4)34)27(37)33-16-24(35)25-23(33)13-14-32(25)28(38)22(15-17(2)3)30-26(36)19-9-11-20(12-10-19)31(5)6/h9-12,17,21-23,25H,7-8,13-16H2,1-6H3,(H,29,34)(H,30,36). The Morgan fingerprint density at radius 3 is 2.18 bits per heavy atom. The van der Waals surface area contributed by atoms with Gasteiger partial charge in [-0.2, -0.15) is 0 Å². The minimum Gasteiger partial charge on any atom is -0.378 e. The number of nitrogens with one attached hydrogen (secondary N) is 2. The van der Waals surface area contributed by atoms with Crippen LogP contribution in [-0.4, -0.2) is 90.6 Å². The third-order valence-corrected chi connectivity index (χ3v) is 7.20. The fraction of sp³-hybridized carbons (Fsp3) is 0.607. The van der Waals surface area contributed by atoms with Crippen LogP contribution in [0.15, 0.2) is 24.3 Å². The predicted molar refractivity (Wildman–Crippen MR) is 145 cm³/mol. The maximum absolute atomic E-state index is 13.7. The highest BCUT2D eigenvalue weighted by Gasteiger charge is 2.53. The first-order valence-corrected chi connectivity index (χ1v) is 13.4. The van der Waals surface area contributed by atoms with Crippen LogP contribution in [0.1, 0.15) is 63.7 Å². The molecule has 4 atom stereocenters. The smallest absolute Gasteiger partial charge is 0.251 e. The first kappa shape index (κ1) is 29.1.